The van der Waals surface area contributed by atoms with Gasteiger partial charge in [0.25, 0.3) is 0 Å². The number of nitriles is 2. The van der Waals surface area contributed by atoms with Crippen LogP contribution < -0.4 is 9.80 Å². The third-order valence-electron chi connectivity index (χ3n) is 5.64. The van der Waals surface area contributed by atoms with Crippen LogP contribution in [0.5, 0.6) is 0 Å². The summed E-state index contributed by atoms with van der Waals surface area (Å²) in [6.45, 7) is 6.18. The molecule has 2 aliphatic heterocycles. The number of hydrogen-bond acceptors (Lipinski definition) is 10. The maximum atomic E-state index is 8.96. The van der Waals surface area contributed by atoms with Crippen LogP contribution in [0.3, 0.4) is 0 Å². The lowest BCUT2D eigenvalue weighted by atomic mass is 10.1. The predicted octanol–water partition coefficient (Wildman–Crippen LogP) is 4.04. The molecule has 4 heterocycles. The molecule has 0 radical (unpaired) electrons. The number of thiazole rings is 2. The van der Waals surface area contributed by atoms with E-state index in [0.29, 0.717) is 13.2 Å². The van der Waals surface area contributed by atoms with E-state index in [1.165, 1.54) is 0 Å². The van der Waals surface area contributed by atoms with Crippen molar-refractivity contribution in [2.75, 3.05) is 62.4 Å². The Morgan fingerprint density at radius 1 is 0.912 bits per heavy atom. The fraction of sp³-hybridized carbons (Fsp3) is 0.333. The van der Waals surface area contributed by atoms with E-state index in [4.69, 9.17) is 30.0 Å². The predicted molar refractivity (Wildman–Crippen MR) is 134 cm³/mol. The summed E-state index contributed by atoms with van der Waals surface area (Å²) in [4.78, 5) is 16.5. The van der Waals surface area contributed by atoms with Crippen molar-refractivity contribution in [3.63, 3.8) is 0 Å². The quantitative estimate of drug-likeness (QED) is 0.494. The minimum Gasteiger partial charge on any atom is -0.378 e. The normalized spacial score (nSPS) is 16.1. The van der Waals surface area contributed by atoms with Crippen LogP contribution in [0.1, 0.15) is 5.56 Å². The van der Waals surface area contributed by atoms with E-state index in [1.807, 2.05) is 42.6 Å². The van der Waals surface area contributed by atoms with Crippen LogP contribution in [0.2, 0.25) is 0 Å². The summed E-state index contributed by atoms with van der Waals surface area (Å²) in [6.07, 6.45) is 3.49. The molecule has 0 spiro atoms. The van der Waals surface area contributed by atoms with Crippen molar-refractivity contribution < 1.29 is 9.47 Å². The number of benzene rings is 1. The zero-order chi connectivity index (χ0) is 23.3. The van der Waals surface area contributed by atoms with Gasteiger partial charge in [-0.05, 0) is 17.2 Å². The highest BCUT2D eigenvalue weighted by Crippen LogP contribution is 2.43. The molecule has 172 valence electrons. The molecule has 0 amide bonds. The first kappa shape index (κ1) is 22.5. The van der Waals surface area contributed by atoms with Crippen molar-refractivity contribution in [2.45, 2.75) is 0 Å². The molecule has 2 aliphatic rings. The van der Waals surface area contributed by atoms with Crippen molar-refractivity contribution in [3.8, 4) is 32.5 Å². The van der Waals surface area contributed by atoms with Crippen molar-refractivity contribution in [2.24, 2.45) is 0 Å². The third kappa shape index (κ3) is 4.81. The second kappa shape index (κ2) is 10.3. The summed E-state index contributed by atoms with van der Waals surface area (Å²) < 4.78 is 11.1. The minimum absolute atomic E-state index is 0.0877. The average molecular weight is 491 g/mol. The molecule has 2 aromatic heterocycles. The molecule has 0 bridgehead atoms. The van der Waals surface area contributed by atoms with Gasteiger partial charge in [0.1, 0.15) is 27.6 Å². The Bertz CT molecular complexity index is 1240. The molecule has 0 aliphatic carbocycles. The van der Waals surface area contributed by atoms with Crippen LogP contribution in [-0.2, 0) is 9.47 Å². The van der Waals surface area contributed by atoms with Gasteiger partial charge in [0.2, 0.25) is 0 Å². The Hall–Kier alpha value is -3.28. The van der Waals surface area contributed by atoms with Gasteiger partial charge in [-0.3, -0.25) is 0 Å². The van der Waals surface area contributed by atoms with Crippen LogP contribution in [0.15, 0.2) is 36.0 Å². The van der Waals surface area contributed by atoms with Gasteiger partial charge in [-0.1, -0.05) is 35.6 Å². The van der Waals surface area contributed by atoms with E-state index in [1.54, 1.807) is 28.7 Å². The lowest BCUT2D eigenvalue weighted by Crippen LogP contribution is -2.37. The molecule has 0 N–H and O–H groups in total. The molecule has 10 heteroatoms. The van der Waals surface area contributed by atoms with Gasteiger partial charge in [0.05, 0.1) is 31.3 Å². The number of nitrogens with zero attached hydrogens (tertiary/aromatic N) is 6. The highest BCUT2D eigenvalue weighted by molar-refractivity contribution is 7.25. The van der Waals surface area contributed by atoms with Crippen LogP contribution in [0.4, 0.5) is 10.9 Å². The first-order chi connectivity index (χ1) is 16.7. The van der Waals surface area contributed by atoms with Crippen molar-refractivity contribution >= 4 is 39.7 Å². The topological polar surface area (TPSA) is 98.3 Å². The van der Waals surface area contributed by atoms with Gasteiger partial charge in [0.15, 0.2) is 10.9 Å². The second-order valence-corrected chi connectivity index (χ2v) is 9.79. The summed E-state index contributed by atoms with van der Waals surface area (Å²) in [5.41, 5.74) is 1.95. The SMILES string of the molecule is N#CC(C#N)=Cc1ccc(-c2cnc(-c3sc(N4CCOCC4)nc3N3CCOCC3)s2)cc1. The Kier molecular flexibility index (Phi) is 6.84. The maximum absolute atomic E-state index is 8.96. The largest absolute Gasteiger partial charge is 0.378 e. The van der Waals surface area contributed by atoms with E-state index < -0.39 is 0 Å². The molecule has 0 unspecified atom stereocenters. The molecule has 5 rings (SSSR count). The lowest BCUT2D eigenvalue weighted by molar-refractivity contribution is 0.122. The Morgan fingerprint density at radius 2 is 1.56 bits per heavy atom. The number of rotatable bonds is 5. The summed E-state index contributed by atoms with van der Waals surface area (Å²) >= 11 is 3.34. The van der Waals surface area contributed by atoms with Gasteiger partial charge in [-0.2, -0.15) is 10.5 Å². The zero-order valence-corrected chi connectivity index (χ0v) is 20.1. The molecule has 0 atom stereocenters. The minimum atomic E-state index is 0.0877. The number of ether oxygens (including phenoxy) is 2. The highest BCUT2D eigenvalue weighted by Gasteiger charge is 2.25. The van der Waals surface area contributed by atoms with Crippen LogP contribution in [0.25, 0.3) is 26.4 Å². The maximum Gasteiger partial charge on any atom is 0.188 e. The monoisotopic (exact) mass is 490 g/mol. The third-order valence-corrected chi connectivity index (χ3v) is 7.94. The Morgan fingerprint density at radius 3 is 2.21 bits per heavy atom. The summed E-state index contributed by atoms with van der Waals surface area (Å²) in [7, 11) is 0. The molecule has 2 saturated heterocycles. The van der Waals surface area contributed by atoms with Crippen molar-refractivity contribution in [1.82, 2.24) is 9.97 Å². The molecule has 34 heavy (non-hydrogen) atoms. The smallest absolute Gasteiger partial charge is 0.188 e. The second-order valence-electron chi connectivity index (χ2n) is 7.78. The van der Waals surface area contributed by atoms with E-state index in [-0.39, 0.29) is 5.57 Å². The van der Waals surface area contributed by atoms with Crippen LogP contribution in [0, 0.1) is 22.7 Å². The van der Waals surface area contributed by atoms with Gasteiger partial charge in [-0.25, -0.2) is 9.97 Å². The van der Waals surface area contributed by atoms with Crippen LogP contribution >= 0.6 is 22.7 Å². The first-order valence-corrected chi connectivity index (χ1v) is 12.6. The van der Waals surface area contributed by atoms with Gasteiger partial charge in [0, 0.05) is 32.4 Å². The van der Waals surface area contributed by atoms with Crippen LogP contribution in [-0.4, -0.2) is 62.6 Å². The molecule has 0 saturated carbocycles. The zero-order valence-electron chi connectivity index (χ0n) is 18.4. The number of hydrogen-bond donors (Lipinski definition) is 0. The molecule has 8 nitrogen and oxygen atoms in total. The number of allylic oxidation sites excluding steroid dienone is 1. The van der Waals surface area contributed by atoms with Crippen molar-refractivity contribution in [1.29, 1.82) is 10.5 Å². The molecular weight excluding hydrogens is 468 g/mol. The fourth-order valence-corrected chi connectivity index (χ4v) is 5.97. The van der Waals surface area contributed by atoms with E-state index in [9.17, 15) is 0 Å². The van der Waals surface area contributed by atoms with E-state index in [0.717, 1.165) is 76.2 Å². The van der Waals surface area contributed by atoms with E-state index >= 15 is 0 Å². The summed E-state index contributed by atoms with van der Waals surface area (Å²) in [5.74, 6) is 0.983. The van der Waals surface area contributed by atoms with Gasteiger partial charge in [-0.15, -0.1) is 11.3 Å². The van der Waals surface area contributed by atoms with Gasteiger partial charge >= 0.3 is 0 Å². The Balaban J connectivity index is 1.44. The summed E-state index contributed by atoms with van der Waals surface area (Å²) in [6, 6.07) is 11.6. The van der Waals surface area contributed by atoms with E-state index in [2.05, 4.69) is 9.80 Å². The van der Waals surface area contributed by atoms with Crippen molar-refractivity contribution in [3.05, 3.63) is 41.6 Å². The fourth-order valence-electron chi connectivity index (χ4n) is 3.83. The average Bonchev–Trinajstić information content (AvgIpc) is 3.57. The lowest BCUT2D eigenvalue weighted by Gasteiger charge is -2.28. The summed E-state index contributed by atoms with van der Waals surface area (Å²) in [5, 5.41) is 19.9. The molecular formula is C24H22N6O2S2. The highest BCUT2D eigenvalue weighted by atomic mass is 32.1. The Labute approximate surface area is 205 Å². The standard InChI is InChI=1S/C24H22N6O2S2/c25-14-18(15-26)13-17-1-3-19(4-2-17)20-16-27-23(33-20)21-22(29-5-9-31-10-6-29)28-24(34-21)30-7-11-32-12-8-30/h1-4,13,16H,5-12H2. The first-order valence-electron chi connectivity index (χ1n) is 11.0. The number of morpholine rings is 2. The molecule has 3 aromatic rings. The number of anilines is 2. The van der Waals surface area contributed by atoms with Gasteiger partial charge < -0.3 is 19.3 Å². The molecule has 1 aromatic carbocycles. The number of aromatic nitrogens is 2. The molecule has 2 fully saturated rings.